The smallest absolute Gasteiger partial charge is 0.258 e. The quantitative estimate of drug-likeness (QED) is 0.786. The van der Waals surface area contributed by atoms with E-state index in [1.165, 1.54) is 43.5 Å². The topological polar surface area (TPSA) is 63.7 Å². The standard InChI is InChI=1S/C20H22FNO4S/c1-14-12-17(21)13-16-4-3-9-22(19(14)16)20(23)15-5-7-18(8-6-15)27(24,25)11-10-26-2/h5-8,12-13H,3-4,9-11H2,1-2H3. The predicted octanol–water partition coefficient (Wildman–Crippen LogP) is 3.15. The molecule has 1 aliphatic heterocycles. The molecule has 0 fully saturated rings. The number of rotatable bonds is 5. The lowest BCUT2D eigenvalue weighted by Gasteiger charge is -2.31. The van der Waals surface area contributed by atoms with Crippen molar-refractivity contribution in [3.8, 4) is 0 Å². The van der Waals surface area contributed by atoms with Crippen molar-refractivity contribution >= 4 is 21.4 Å². The number of carbonyl (C=O) groups excluding carboxylic acids is 1. The van der Waals surface area contributed by atoms with Crippen LogP contribution in [-0.2, 0) is 21.0 Å². The van der Waals surface area contributed by atoms with Crippen LogP contribution in [0.3, 0.4) is 0 Å². The molecule has 0 radical (unpaired) electrons. The van der Waals surface area contributed by atoms with Crippen LogP contribution in [0.15, 0.2) is 41.3 Å². The normalized spacial score (nSPS) is 14.1. The largest absolute Gasteiger partial charge is 0.384 e. The average Bonchev–Trinajstić information content (AvgIpc) is 2.65. The van der Waals surface area contributed by atoms with Gasteiger partial charge in [0, 0.05) is 19.2 Å². The van der Waals surface area contributed by atoms with Gasteiger partial charge in [0.2, 0.25) is 0 Å². The number of hydrogen-bond acceptors (Lipinski definition) is 4. The lowest BCUT2D eigenvalue weighted by atomic mass is 9.97. The fourth-order valence-corrected chi connectivity index (χ4v) is 4.57. The summed E-state index contributed by atoms with van der Waals surface area (Å²) >= 11 is 0. The molecular weight excluding hydrogens is 369 g/mol. The van der Waals surface area contributed by atoms with Crippen LogP contribution in [-0.4, -0.2) is 40.3 Å². The van der Waals surface area contributed by atoms with E-state index in [4.69, 9.17) is 4.74 Å². The second kappa shape index (κ2) is 7.78. The van der Waals surface area contributed by atoms with E-state index in [2.05, 4.69) is 0 Å². The Morgan fingerprint density at radius 1 is 1.22 bits per heavy atom. The Morgan fingerprint density at radius 2 is 1.93 bits per heavy atom. The molecule has 1 heterocycles. The number of amides is 1. The first-order chi connectivity index (χ1) is 12.8. The highest BCUT2D eigenvalue weighted by molar-refractivity contribution is 7.91. The minimum absolute atomic E-state index is 0.110. The molecule has 0 atom stereocenters. The maximum Gasteiger partial charge on any atom is 0.258 e. The second-order valence-corrected chi connectivity index (χ2v) is 8.74. The summed E-state index contributed by atoms with van der Waals surface area (Å²) in [7, 11) is -2.00. The van der Waals surface area contributed by atoms with E-state index in [1.807, 2.05) is 0 Å². The maximum absolute atomic E-state index is 13.7. The Hall–Kier alpha value is -2.25. The Labute approximate surface area is 158 Å². The van der Waals surface area contributed by atoms with Gasteiger partial charge in [-0.2, -0.15) is 0 Å². The zero-order valence-corrected chi connectivity index (χ0v) is 16.2. The molecule has 0 saturated heterocycles. The lowest BCUT2D eigenvalue weighted by Crippen LogP contribution is -2.36. The van der Waals surface area contributed by atoms with Gasteiger partial charge in [0.05, 0.1) is 22.9 Å². The summed E-state index contributed by atoms with van der Waals surface area (Å²) in [5, 5.41) is 0. The van der Waals surface area contributed by atoms with Crippen molar-refractivity contribution in [3.05, 3.63) is 58.9 Å². The number of sulfone groups is 1. The number of halogens is 1. The van der Waals surface area contributed by atoms with Crippen molar-refractivity contribution in [2.24, 2.45) is 0 Å². The molecule has 5 nitrogen and oxygen atoms in total. The van der Waals surface area contributed by atoms with Gasteiger partial charge in [-0.15, -0.1) is 0 Å². The molecule has 0 N–H and O–H groups in total. The van der Waals surface area contributed by atoms with E-state index in [-0.39, 0.29) is 29.0 Å². The zero-order chi connectivity index (χ0) is 19.6. The monoisotopic (exact) mass is 391 g/mol. The fraction of sp³-hybridized carbons (Fsp3) is 0.350. The van der Waals surface area contributed by atoms with Crippen molar-refractivity contribution in [2.75, 3.05) is 30.9 Å². The molecule has 0 spiro atoms. The van der Waals surface area contributed by atoms with Gasteiger partial charge < -0.3 is 9.64 Å². The van der Waals surface area contributed by atoms with Gasteiger partial charge in [-0.25, -0.2) is 12.8 Å². The van der Waals surface area contributed by atoms with E-state index in [1.54, 1.807) is 11.8 Å². The Balaban J connectivity index is 1.88. The van der Waals surface area contributed by atoms with Gasteiger partial charge in [0.25, 0.3) is 5.91 Å². The van der Waals surface area contributed by atoms with E-state index in [0.29, 0.717) is 12.1 Å². The van der Waals surface area contributed by atoms with E-state index < -0.39 is 9.84 Å². The minimum Gasteiger partial charge on any atom is -0.384 e. The third-order valence-corrected chi connectivity index (χ3v) is 6.40. The number of fused-ring (bicyclic) bond motifs is 1. The molecular formula is C20H22FNO4S. The van der Waals surface area contributed by atoms with E-state index in [9.17, 15) is 17.6 Å². The molecule has 0 bridgehead atoms. The molecule has 2 aromatic carbocycles. The summed E-state index contributed by atoms with van der Waals surface area (Å²) in [5.74, 6) is -0.626. The summed E-state index contributed by atoms with van der Waals surface area (Å²) in [6.07, 6.45) is 1.49. The first kappa shape index (κ1) is 19.5. The molecule has 0 unspecified atom stereocenters. The summed E-state index contributed by atoms with van der Waals surface area (Å²) in [6, 6.07) is 8.84. The summed E-state index contributed by atoms with van der Waals surface area (Å²) in [6.45, 7) is 2.45. The Bertz CT molecular complexity index is 955. The predicted molar refractivity (Wildman–Crippen MR) is 102 cm³/mol. The van der Waals surface area contributed by atoms with Crippen LogP contribution in [0.2, 0.25) is 0 Å². The molecule has 1 aliphatic rings. The number of anilines is 1. The average molecular weight is 391 g/mol. The van der Waals surface area contributed by atoms with Gasteiger partial charge >= 0.3 is 0 Å². The first-order valence-corrected chi connectivity index (χ1v) is 10.4. The third kappa shape index (κ3) is 4.04. The number of aryl methyl sites for hydroxylation is 2. The van der Waals surface area contributed by atoms with Gasteiger partial charge in [-0.3, -0.25) is 4.79 Å². The van der Waals surface area contributed by atoms with Crippen molar-refractivity contribution in [2.45, 2.75) is 24.7 Å². The molecule has 144 valence electrons. The minimum atomic E-state index is -3.44. The summed E-state index contributed by atoms with van der Waals surface area (Å²) in [4.78, 5) is 14.8. The molecule has 7 heteroatoms. The molecule has 0 aromatic heterocycles. The van der Waals surface area contributed by atoms with Crippen LogP contribution in [0.5, 0.6) is 0 Å². The van der Waals surface area contributed by atoms with Crippen molar-refractivity contribution in [3.63, 3.8) is 0 Å². The SMILES string of the molecule is COCCS(=O)(=O)c1ccc(C(=O)N2CCCc3cc(F)cc(C)c32)cc1. The van der Waals surface area contributed by atoms with Gasteiger partial charge in [-0.05, 0) is 67.3 Å². The van der Waals surface area contributed by atoms with Crippen LogP contribution in [0.4, 0.5) is 10.1 Å². The van der Waals surface area contributed by atoms with Crippen LogP contribution < -0.4 is 4.90 Å². The van der Waals surface area contributed by atoms with Gasteiger partial charge in [-0.1, -0.05) is 0 Å². The zero-order valence-electron chi connectivity index (χ0n) is 15.4. The number of nitrogens with zero attached hydrogens (tertiary/aromatic N) is 1. The summed E-state index contributed by atoms with van der Waals surface area (Å²) in [5.41, 5.74) is 2.70. The van der Waals surface area contributed by atoms with Crippen LogP contribution in [0, 0.1) is 12.7 Å². The van der Waals surface area contributed by atoms with Crippen molar-refractivity contribution < 1.29 is 22.3 Å². The molecule has 0 aliphatic carbocycles. The number of carbonyl (C=O) groups is 1. The Morgan fingerprint density at radius 3 is 2.59 bits per heavy atom. The second-order valence-electron chi connectivity index (χ2n) is 6.63. The molecule has 1 amide bonds. The third-order valence-electron chi connectivity index (χ3n) is 4.70. The van der Waals surface area contributed by atoms with Crippen LogP contribution in [0.25, 0.3) is 0 Å². The highest BCUT2D eigenvalue weighted by Crippen LogP contribution is 2.32. The van der Waals surface area contributed by atoms with Crippen molar-refractivity contribution in [1.82, 2.24) is 0 Å². The number of ether oxygens (including phenoxy) is 1. The van der Waals surface area contributed by atoms with E-state index in [0.717, 1.165) is 29.7 Å². The highest BCUT2D eigenvalue weighted by atomic mass is 32.2. The fourth-order valence-electron chi connectivity index (χ4n) is 3.40. The maximum atomic E-state index is 13.7. The molecule has 3 rings (SSSR count). The van der Waals surface area contributed by atoms with Crippen molar-refractivity contribution in [1.29, 1.82) is 0 Å². The van der Waals surface area contributed by atoms with E-state index >= 15 is 0 Å². The van der Waals surface area contributed by atoms with Crippen LogP contribution in [0.1, 0.15) is 27.9 Å². The number of hydrogen-bond donors (Lipinski definition) is 0. The first-order valence-electron chi connectivity index (χ1n) is 8.76. The highest BCUT2D eigenvalue weighted by Gasteiger charge is 2.26. The number of benzene rings is 2. The summed E-state index contributed by atoms with van der Waals surface area (Å²) < 4.78 is 42.9. The molecule has 27 heavy (non-hydrogen) atoms. The molecule has 2 aromatic rings. The number of methoxy groups -OCH3 is 1. The molecule has 0 saturated carbocycles. The Kier molecular flexibility index (Phi) is 5.62. The van der Waals surface area contributed by atoms with Crippen LogP contribution >= 0.6 is 0 Å². The van der Waals surface area contributed by atoms with Gasteiger partial charge in [0.1, 0.15) is 5.82 Å². The van der Waals surface area contributed by atoms with Gasteiger partial charge in [0.15, 0.2) is 9.84 Å². The lowest BCUT2D eigenvalue weighted by molar-refractivity contribution is 0.0984.